The summed E-state index contributed by atoms with van der Waals surface area (Å²) in [5.41, 5.74) is 0. The van der Waals surface area contributed by atoms with E-state index in [0.29, 0.717) is 0 Å². The van der Waals surface area contributed by atoms with Crippen molar-refractivity contribution in [2.45, 2.75) is 26.3 Å². The van der Waals surface area contributed by atoms with Crippen molar-refractivity contribution in [1.29, 1.82) is 0 Å². The smallest absolute Gasteiger partial charge is 0.326 e. The molecule has 1 aromatic rings. The van der Waals surface area contributed by atoms with Gasteiger partial charge in [-0.2, -0.15) is 0 Å². The maximum absolute atomic E-state index is 13.6. The molecule has 1 aromatic carbocycles. The number of carboxylic acid groups (broad SMARTS) is 1. The van der Waals surface area contributed by atoms with Crippen molar-refractivity contribution in [3.05, 3.63) is 41.7 Å². The van der Waals surface area contributed by atoms with Crippen LogP contribution in [0.3, 0.4) is 0 Å². The third kappa shape index (κ3) is 3.85. The summed E-state index contributed by atoms with van der Waals surface area (Å²) in [7, 11) is 0. The van der Waals surface area contributed by atoms with E-state index < -0.39 is 35.3 Å². The third-order valence-corrected chi connectivity index (χ3v) is 3.40. The second-order valence-corrected chi connectivity index (χ2v) is 5.71. The Bertz CT molecular complexity index is 637. The molecule has 1 amide bonds. The molecule has 23 heavy (non-hydrogen) atoms. The zero-order valence-electron chi connectivity index (χ0n) is 12.8. The molecule has 1 aliphatic heterocycles. The Labute approximate surface area is 132 Å². The Morgan fingerprint density at radius 3 is 2.48 bits per heavy atom. The minimum absolute atomic E-state index is 0.00834. The fraction of sp³-hybridized carbons (Fsp3) is 0.375. The van der Waals surface area contributed by atoms with E-state index in [9.17, 15) is 23.5 Å². The van der Waals surface area contributed by atoms with Gasteiger partial charge in [-0.3, -0.25) is 4.79 Å². The van der Waals surface area contributed by atoms with Gasteiger partial charge in [0.05, 0.1) is 6.54 Å². The van der Waals surface area contributed by atoms with E-state index in [1.165, 1.54) is 6.07 Å². The van der Waals surface area contributed by atoms with Crippen LogP contribution in [-0.2, 0) is 9.59 Å². The van der Waals surface area contributed by atoms with Gasteiger partial charge in [0, 0.05) is 6.08 Å². The van der Waals surface area contributed by atoms with Crippen molar-refractivity contribution in [2.75, 3.05) is 6.54 Å². The van der Waals surface area contributed by atoms with Crippen LogP contribution in [0.5, 0.6) is 5.75 Å². The molecule has 0 saturated heterocycles. The van der Waals surface area contributed by atoms with E-state index in [2.05, 4.69) is 0 Å². The van der Waals surface area contributed by atoms with E-state index in [0.717, 1.165) is 23.1 Å². The minimum atomic E-state index is -1.13. The van der Waals surface area contributed by atoms with Crippen LogP contribution in [0, 0.1) is 17.6 Å². The average molecular weight is 325 g/mol. The van der Waals surface area contributed by atoms with Gasteiger partial charge in [0.15, 0.2) is 17.4 Å². The Hall–Kier alpha value is -2.44. The molecule has 0 radical (unpaired) electrons. The van der Waals surface area contributed by atoms with Gasteiger partial charge in [0.25, 0.3) is 5.91 Å². The molecule has 0 saturated carbocycles. The van der Waals surface area contributed by atoms with Crippen LogP contribution >= 0.6 is 0 Å². The molecular formula is C16H17F2NO4. The molecule has 0 bridgehead atoms. The topological polar surface area (TPSA) is 66.8 Å². The number of amides is 1. The van der Waals surface area contributed by atoms with Gasteiger partial charge in [-0.05, 0) is 24.5 Å². The second-order valence-electron chi connectivity index (χ2n) is 5.71. The van der Waals surface area contributed by atoms with Crippen molar-refractivity contribution in [1.82, 2.24) is 4.90 Å². The number of hydrogen-bond acceptors (Lipinski definition) is 3. The standard InChI is InChI=1S/C16H17F2NO4/c1-9(2)6-13(16(21)22)19-8-10(7-14(19)20)23-15-11(17)4-3-5-12(15)18/h3-5,7,9,13H,6,8H2,1-2H3,(H,21,22). The van der Waals surface area contributed by atoms with Crippen molar-refractivity contribution < 1.29 is 28.2 Å². The van der Waals surface area contributed by atoms with Gasteiger partial charge < -0.3 is 14.7 Å². The van der Waals surface area contributed by atoms with Gasteiger partial charge in [-0.25, -0.2) is 13.6 Å². The largest absolute Gasteiger partial charge is 0.480 e. The fourth-order valence-electron chi connectivity index (χ4n) is 2.36. The lowest BCUT2D eigenvalue weighted by molar-refractivity contribution is -0.148. The molecule has 7 heteroatoms. The van der Waals surface area contributed by atoms with Crippen molar-refractivity contribution in [2.24, 2.45) is 5.92 Å². The Balaban J connectivity index is 2.15. The van der Waals surface area contributed by atoms with Crippen LogP contribution in [0.1, 0.15) is 20.3 Å². The first-order valence-corrected chi connectivity index (χ1v) is 7.15. The molecule has 0 fully saturated rings. The summed E-state index contributed by atoms with van der Waals surface area (Å²) in [6.07, 6.45) is 1.33. The molecule has 0 aliphatic carbocycles. The molecule has 1 atom stereocenters. The summed E-state index contributed by atoms with van der Waals surface area (Å²) in [5.74, 6) is -4.00. The van der Waals surface area contributed by atoms with Crippen molar-refractivity contribution >= 4 is 11.9 Å². The summed E-state index contributed by atoms with van der Waals surface area (Å²) in [5, 5.41) is 9.29. The van der Waals surface area contributed by atoms with Crippen LogP contribution in [0.4, 0.5) is 8.78 Å². The molecule has 1 N–H and O–H groups in total. The highest BCUT2D eigenvalue weighted by atomic mass is 19.1. The quantitative estimate of drug-likeness (QED) is 0.873. The molecule has 1 aliphatic rings. The van der Waals surface area contributed by atoms with E-state index in [4.69, 9.17) is 4.74 Å². The number of aliphatic carboxylic acids is 1. The number of rotatable bonds is 6. The molecule has 1 heterocycles. The Morgan fingerprint density at radius 1 is 1.35 bits per heavy atom. The number of ether oxygens (including phenoxy) is 1. The van der Waals surface area contributed by atoms with Crippen LogP contribution in [0.25, 0.3) is 0 Å². The van der Waals surface area contributed by atoms with Gasteiger partial charge in [-0.1, -0.05) is 19.9 Å². The van der Waals surface area contributed by atoms with E-state index in [1.54, 1.807) is 0 Å². The Kier molecular flexibility index (Phi) is 4.98. The first-order valence-electron chi connectivity index (χ1n) is 7.15. The number of carbonyl (C=O) groups excluding carboxylic acids is 1. The minimum Gasteiger partial charge on any atom is -0.480 e. The number of nitrogens with zero attached hydrogens (tertiary/aromatic N) is 1. The highest BCUT2D eigenvalue weighted by Crippen LogP contribution is 2.26. The molecule has 124 valence electrons. The number of para-hydroxylation sites is 1. The third-order valence-electron chi connectivity index (χ3n) is 3.40. The zero-order chi connectivity index (χ0) is 17.1. The van der Waals surface area contributed by atoms with Gasteiger partial charge in [0.2, 0.25) is 0 Å². The van der Waals surface area contributed by atoms with Crippen LogP contribution in [0.15, 0.2) is 30.0 Å². The number of hydrogen-bond donors (Lipinski definition) is 1. The first-order chi connectivity index (χ1) is 10.8. The number of carbonyl (C=O) groups is 2. The predicted molar refractivity (Wildman–Crippen MR) is 77.7 cm³/mol. The molecule has 5 nitrogen and oxygen atoms in total. The van der Waals surface area contributed by atoms with Gasteiger partial charge in [0.1, 0.15) is 11.8 Å². The highest BCUT2D eigenvalue weighted by molar-refractivity contribution is 5.94. The number of benzene rings is 1. The summed E-state index contributed by atoms with van der Waals surface area (Å²) in [4.78, 5) is 24.5. The van der Waals surface area contributed by atoms with Gasteiger partial charge in [-0.15, -0.1) is 0 Å². The second kappa shape index (κ2) is 6.76. The van der Waals surface area contributed by atoms with E-state index in [-0.39, 0.29) is 24.6 Å². The van der Waals surface area contributed by atoms with E-state index in [1.807, 2.05) is 13.8 Å². The first kappa shape index (κ1) is 16.9. The lowest BCUT2D eigenvalue weighted by Gasteiger charge is -2.25. The summed E-state index contributed by atoms with van der Waals surface area (Å²) in [6.45, 7) is 3.54. The van der Waals surface area contributed by atoms with Crippen LogP contribution in [-0.4, -0.2) is 34.5 Å². The van der Waals surface area contributed by atoms with Crippen molar-refractivity contribution in [3.63, 3.8) is 0 Å². The fourth-order valence-corrected chi connectivity index (χ4v) is 2.36. The maximum Gasteiger partial charge on any atom is 0.326 e. The molecular weight excluding hydrogens is 308 g/mol. The lowest BCUT2D eigenvalue weighted by Crippen LogP contribution is -2.43. The molecule has 2 rings (SSSR count). The summed E-state index contributed by atoms with van der Waals surface area (Å²) < 4.78 is 32.3. The van der Waals surface area contributed by atoms with Crippen molar-refractivity contribution in [3.8, 4) is 5.75 Å². The Morgan fingerprint density at radius 2 is 1.96 bits per heavy atom. The lowest BCUT2D eigenvalue weighted by atomic mass is 10.0. The molecule has 0 spiro atoms. The van der Waals surface area contributed by atoms with Crippen LogP contribution < -0.4 is 4.74 Å². The molecule has 1 unspecified atom stereocenters. The maximum atomic E-state index is 13.6. The SMILES string of the molecule is CC(C)CC(C(=O)O)N1CC(Oc2c(F)cccc2F)=CC1=O. The number of carboxylic acids is 1. The molecule has 0 aromatic heterocycles. The highest BCUT2D eigenvalue weighted by Gasteiger charge is 2.34. The normalized spacial score (nSPS) is 15.8. The monoisotopic (exact) mass is 325 g/mol. The average Bonchev–Trinajstić information content (AvgIpc) is 2.80. The zero-order valence-corrected chi connectivity index (χ0v) is 12.8. The van der Waals surface area contributed by atoms with Gasteiger partial charge >= 0.3 is 5.97 Å². The summed E-state index contributed by atoms with van der Waals surface area (Å²) >= 11 is 0. The van der Waals surface area contributed by atoms with E-state index >= 15 is 0 Å². The predicted octanol–water partition coefficient (Wildman–Crippen LogP) is 2.57. The summed E-state index contributed by atoms with van der Waals surface area (Å²) in [6, 6.07) is 2.25. The van der Waals surface area contributed by atoms with Crippen LogP contribution in [0.2, 0.25) is 0 Å². The number of halogens is 2.